The Labute approximate surface area is 144 Å². The van der Waals surface area contributed by atoms with Gasteiger partial charge in [0, 0.05) is 6.07 Å². The van der Waals surface area contributed by atoms with Crippen LogP contribution in [0.15, 0.2) is 42.5 Å². The second-order valence-corrected chi connectivity index (χ2v) is 5.66. The van der Waals surface area contributed by atoms with Crippen LogP contribution in [0.2, 0.25) is 0 Å². The maximum absolute atomic E-state index is 11.9. The number of carbonyl (C=O) groups is 1. The largest absolute Gasteiger partial charge is 0.487 e. The van der Waals surface area contributed by atoms with Gasteiger partial charge in [-0.3, -0.25) is 10.1 Å². The molecule has 0 saturated heterocycles. The SMILES string of the molecule is COC(=O)c1cc(OC2CC2)c(OCc2ccccc2)cc1[N+](=O)[O-]. The fourth-order valence-corrected chi connectivity index (χ4v) is 2.28. The predicted octanol–water partition coefficient (Wildman–Crippen LogP) is 3.50. The van der Waals surface area contributed by atoms with Crippen LogP contribution in [-0.2, 0) is 11.3 Å². The lowest BCUT2D eigenvalue weighted by Gasteiger charge is -2.14. The van der Waals surface area contributed by atoms with Crippen molar-refractivity contribution in [1.82, 2.24) is 0 Å². The van der Waals surface area contributed by atoms with E-state index in [-0.39, 0.29) is 29.7 Å². The lowest BCUT2D eigenvalue weighted by Crippen LogP contribution is -2.09. The van der Waals surface area contributed by atoms with Crippen molar-refractivity contribution in [3.8, 4) is 11.5 Å². The minimum absolute atomic E-state index is 0.0472. The van der Waals surface area contributed by atoms with Gasteiger partial charge in [0.1, 0.15) is 12.2 Å². The molecule has 0 aromatic heterocycles. The number of rotatable bonds is 7. The lowest BCUT2D eigenvalue weighted by atomic mass is 10.1. The van der Waals surface area contributed by atoms with Gasteiger partial charge < -0.3 is 14.2 Å². The first kappa shape index (κ1) is 16.8. The van der Waals surface area contributed by atoms with Crippen molar-refractivity contribution in [2.75, 3.05) is 7.11 Å². The Hall–Kier alpha value is -3.09. The summed E-state index contributed by atoms with van der Waals surface area (Å²) in [5.41, 5.74) is 0.382. The van der Waals surface area contributed by atoms with Gasteiger partial charge in [0.25, 0.3) is 5.69 Å². The second kappa shape index (κ2) is 7.21. The minimum Gasteiger partial charge on any atom is -0.487 e. The summed E-state index contributed by atoms with van der Waals surface area (Å²) in [5.74, 6) is -0.249. The van der Waals surface area contributed by atoms with Gasteiger partial charge in [-0.1, -0.05) is 30.3 Å². The number of nitro groups is 1. The fourth-order valence-electron chi connectivity index (χ4n) is 2.28. The maximum Gasteiger partial charge on any atom is 0.345 e. The molecule has 130 valence electrons. The normalized spacial score (nSPS) is 13.2. The van der Waals surface area contributed by atoms with E-state index in [4.69, 9.17) is 9.47 Å². The van der Waals surface area contributed by atoms with Gasteiger partial charge in [0.05, 0.1) is 24.2 Å². The molecule has 7 heteroatoms. The quantitative estimate of drug-likeness (QED) is 0.434. The lowest BCUT2D eigenvalue weighted by molar-refractivity contribution is -0.385. The molecule has 1 aliphatic rings. The smallest absolute Gasteiger partial charge is 0.345 e. The van der Waals surface area contributed by atoms with E-state index in [9.17, 15) is 14.9 Å². The molecule has 0 amide bonds. The number of ether oxygens (including phenoxy) is 3. The minimum atomic E-state index is -0.790. The Morgan fingerprint density at radius 1 is 1.20 bits per heavy atom. The van der Waals surface area contributed by atoms with Crippen molar-refractivity contribution < 1.29 is 23.9 Å². The van der Waals surface area contributed by atoms with Crippen LogP contribution in [0, 0.1) is 10.1 Å². The first-order chi connectivity index (χ1) is 12.1. The van der Waals surface area contributed by atoms with E-state index in [1.54, 1.807) is 0 Å². The zero-order valence-corrected chi connectivity index (χ0v) is 13.6. The molecule has 0 aliphatic heterocycles. The second-order valence-electron chi connectivity index (χ2n) is 5.66. The first-order valence-corrected chi connectivity index (χ1v) is 7.82. The van der Waals surface area contributed by atoms with Crippen LogP contribution in [0.3, 0.4) is 0 Å². The van der Waals surface area contributed by atoms with E-state index in [1.165, 1.54) is 19.2 Å². The van der Waals surface area contributed by atoms with Crippen LogP contribution in [0.1, 0.15) is 28.8 Å². The van der Waals surface area contributed by atoms with Crippen LogP contribution >= 0.6 is 0 Å². The molecule has 0 heterocycles. The zero-order chi connectivity index (χ0) is 17.8. The molecule has 3 rings (SSSR count). The number of methoxy groups -OCH3 is 1. The Balaban J connectivity index is 1.94. The molecule has 2 aromatic carbocycles. The van der Waals surface area contributed by atoms with E-state index >= 15 is 0 Å². The van der Waals surface area contributed by atoms with Gasteiger partial charge >= 0.3 is 5.97 Å². The first-order valence-electron chi connectivity index (χ1n) is 7.82. The van der Waals surface area contributed by atoms with Crippen LogP contribution in [0.25, 0.3) is 0 Å². The zero-order valence-electron chi connectivity index (χ0n) is 13.6. The Kier molecular flexibility index (Phi) is 4.83. The number of carbonyl (C=O) groups excluding carboxylic acids is 1. The summed E-state index contributed by atoms with van der Waals surface area (Å²) < 4.78 is 16.1. The molecule has 0 atom stereocenters. The highest BCUT2D eigenvalue weighted by Gasteiger charge is 2.29. The van der Waals surface area contributed by atoms with Crippen molar-refractivity contribution in [1.29, 1.82) is 0 Å². The molecule has 1 saturated carbocycles. The van der Waals surface area contributed by atoms with Crippen LogP contribution < -0.4 is 9.47 Å². The Morgan fingerprint density at radius 3 is 2.52 bits per heavy atom. The molecule has 0 spiro atoms. The Morgan fingerprint density at radius 2 is 1.92 bits per heavy atom. The fraction of sp³-hybridized carbons (Fsp3) is 0.278. The third-order valence-electron chi connectivity index (χ3n) is 3.72. The van der Waals surface area contributed by atoms with Crippen molar-refractivity contribution in [2.45, 2.75) is 25.6 Å². The molecule has 25 heavy (non-hydrogen) atoms. The number of hydrogen-bond acceptors (Lipinski definition) is 6. The van der Waals surface area contributed by atoms with Crippen LogP contribution in [0.4, 0.5) is 5.69 Å². The topological polar surface area (TPSA) is 87.9 Å². The summed E-state index contributed by atoms with van der Waals surface area (Å²) in [6.07, 6.45) is 1.86. The summed E-state index contributed by atoms with van der Waals surface area (Å²) in [6.45, 7) is 0.233. The molecular weight excluding hydrogens is 326 g/mol. The van der Waals surface area contributed by atoms with E-state index in [1.807, 2.05) is 30.3 Å². The van der Waals surface area contributed by atoms with Gasteiger partial charge in [-0.2, -0.15) is 0 Å². The highest BCUT2D eigenvalue weighted by molar-refractivity contribution is 5.95. The molecule has 0 N–H and O–H groups in total. The molecule has 1 fully saturated rings. The molecule has 7 nitrogen and oxygen atoms in total. The van der Waals surface area contributed by atoms with E-state index in [2.05, 4.69) is 4.74 Å². The Bertz CT molecular complexity index is 786. The van der Waals surface area contributed by atoms with Crippen molar-refractivity contribution in [2.24, 2.45) is 0 Å². The molecule has 2 aromatic rings. The van der Waals surface area contributed by atoms with E-state index in [0.29, 0.717) is 5.75 Å². The standard InChI is InChI=1S/C18H17NO6/c1-23-18(20)14-9-17(25-13-7-8-13)16(10-15(14)19(21)22)24-11-12-5-3-2-4-6-12/h2-6,9-10,13H,7-8,11H2,1H3. The van der Waals surface area contributed by atoms with E-state index in [0.717, 1.165) is 18.4 Å². The van der Waals surface area contributed by atoms with Crippen molar-refractivity contribution in [3.05, 3.63) is 63.7 Å². The molecule has 0 bridgehead atoms. The number of hydrogen-bond donors (Lipinski definition) is 0. The average Bonchev–Trinajstić information content (AvgIpc) is 3.44. The molecule has 0 unspecified atom stereocenters. The summed E-state index contributed by atoms with van der Waals surface area (Å²) in [5, 5.41) is 11.3. The number of benzene rings is 2. The van der Waals surface area contributed by atoms with Crippen molar-refractivity contribution >= 4 is 11.7 Å². The van der Waals surface area contributed by atoms with Gasteiger partial charge in [0.2, 0.25) is 0 Å². The van der Waals surface area contributed by atoms with E-state index < -0.39 is 10.9 Å². The third-order valence-corrected chi connectivity index (χ3v) is 3.72. The molecular formula is C18H17NO6. The summed E-state index contributed by atoms with van der Waals surface area (Å²) >= 11 is 0. The highest BCUT2D eigenvalue weighted by Crippen LogP contribution is 2.39. The van der Waals surface area contributed by atoms with Crippen LogP contribution in [0.5, 0.6) is 11.5 Å². The maximum atomic E-state index is 11.9. The van der Waals surface area contributed by atoms with Gasteiger partial charge in [-0.15, -0.1) is 0 Å². The average molecular weight is 343 g/mol. The van der Waals surface area contributed by atoms with Gasteiger partial charge in [-0.05, 0) is 18.4 Å². The van der Waals surface area contributed by atoms with Crippen molar-refractivity contribution in [3.63, 3.8) is 0 Å². The third kappa shape index (κ3) is 4.06. The predicted molar refractivity (Wildman–Crippen MR) is 88.9 cm³/mol. The summed E-state index contributed by atoms with van der Waals surface area (Å²) in [6, 6.07) is 12.0. The summed E-state index contributed by atoms with van der Waals surface area (Å²) in [7, 11) is 1.17. The van der Waals surface area contributed by atoms with Gasteiger partial charge in [-0.25, -0.2) is 4.79 Å². The molecule has 0 radical (unpaired) electrons. The number of nitro benzene ring substituents is 1. The molecule has 1 aliphatic carbocycles. The number of nitrogens with zero attached hydrogens (tertiary/aromatic N) is 1. The monoisotopic (exact) mass is 343 g/mol. The summed E-state index contributed by atoms with van der Waals surface area (Å²) in [4.78, 5) is 22.5. The van der Waals surface area contributed by atoms with Crippen LogP contribution in [-0.4, -0.2) is 24.1 Å². The number of esters is 1. The van der Waals surface area contributed by atoms with Gasteiger partial charge in [0.15, 0.2) is 11.5 Å². The highest BCUT2D eigenvalue weighted by atomic mass is 16.6.